The monoisotopic (exact) mass is 215 g/mol. The maximum atomic E-state index is 11.3. The largest absolute Gasteiger partial charge is 0.468 e. The van der Waals surface area contributed by atoms with Crippen LogP contribution in [0.2, 0.25) is 0 Å². The molecule has 5 nitrogen and oxygen atoms in total. The molecule has 0 rings (SSSR count). The second-order valence-electron chi connectivity index (χ2n) is 3.00. The number of esters is 2. The first kappa shape index (κ1) is 13.6. The topological polar surface area (TPSA) is 65.0 Å². The molecule has 0 atom stereocenters. The minimum Gasteiger partial charge on any atom is -0.468 e. The minimum atomic E-state index is -1.04. The van der Waals surface area contributed by atoms with E-state index in [-0.39, 0.29) is 0 Å². The summed E-state index contributed by atoms with van der Waals surface area (Å²) in [6.45, 7) is 4.16. The Morgan fingerprint density at radius 1 is 1.20 bits per heavy atom. The third-order valence-corrected chi connectivity index (χ3v) is 1.88. The van der Waals surface area contributed by atoms with E-state index in [1.807, 2.05) is 6.92 Å². The Kier molecular flexibility index (Phi) is 6.33. The van der Waals surface area contributed by atoms with Crippen LogP contribution in [-0.2, 0) is 19.1 Å². The molecule has 0 N–H and O–H groups in total. The maximum absolute atomic E-state index is 11.3. The lowest BCUT2D eigenvalue weighted by Gasteiger charge is -2.11. The summed E-state index contributed by atoms with van der Waals surface area (Å²) < 4.78 is 9.03. The third kappa shape index (κ3) is 4.10. The molecule has 0 amide bonds. The van der Waals surface area contributed by atoms with Gasteiger partial charge in [0.05, 0.1) is 14.2 Å². The van der Waals surface area contributed by atoms with E-state index in [0.29, 0.717) is 12.3 Å². The highest BCUT2D eigenvalue weighted by Crippen LogP contribution is 2.06. The van der Waals surface area contributed by atoms with Crippen molar-refractivity contribution in [3.8, 4) is 0 Å². The van der Waals surface area contributed by atoms with Crippen LogP contribution in [0.15, 0.2) is 4.99 Å². The van der Waals surface area contributed by atoms with Crippen molar-refractivity contribution in [1.82, 2.24) is 0 Å². The normalized spacial score (nSPS) is 11.4. The zero-order valence-corrected chi connectivity index (χ0v) is 9.57. The molecule has 0 aromatic rings. The van der Waals surface area contributed by atoms with Gasteiger partial charge in [0.1, 0.15) is 0 Å². The summed E-state index contributed by atoms with van der Waals surface area (Å²) in [6, 6.07) is 0. The van der Waals surface area contributed by atoms with Crippen molar-refractivity contribution < 1.29 is 19.1 Å². The first-order chi connectivity index (χ1) is 7.08. The summed E-state index contributed by atoms with van der Waals surface area (Å²) in [5.74, 6) is -2.31. The lowest BCUT2D eigenvalue weighted by molar-refractivity contribution is -0.155. The molecule has 0 aliphatic rings. The molecule has 0 heterocycles. The lowest BCUT2D eigenvalue weighted by Crippen LogP contribution is -2.32. The Bertz CT molecular complexity index is 244. The molecule has 0 aliphatic carbocycles. The van der Waals surface area contributed by atoms with Gasteiger partial charge in [0.15, 0.2) is 5.92 Å². The van der Waals surface area contributed by atoms with Gasteiger partial charge in [-0.1, -0.05) is 6.92 Å². The van der Waals surface area contributed by atoms with Crippen molar-refractivity contribution in [2.45, 2.75) is 20.3 Å². The van der Waals surface area contributed by atoms with Gasteiger partial charge < -0.3 is 9.47 Å². The molecule has 0 saturated carbocycles. The molecule has 5 heteroatoms. The van der Waals surface area contributed by atoms with Crippen molar-refractivity contribution >= 4 is 17.7 Å². The van der Waals surface area contributed by atoms with Gasteiger partial charge in [0, 0.05) is 12.3 Å². The van der Waals surface area contributed by atoms with E-state index >= 15 is 0 Å². The Morgan fingerprint density at radius 2 is 1.67 bits per heavy atom. The zero-order chi connectivity index (χ0) is 11.8. The van der Waals surface area contributed by atoms with Crippen molar-refractivity contribution in [1.29, 1.82) is 0 Å². The smallest absolute Gasteiger partial charge is 0.325 e. The van der Waals surface area contributed by atoms with Crippen molar-refractivity contribution in [2.24, 2.45) is 10.9 Å². The van der Waals surface area contributed by atoms with E-state index in [4.69, 9.17) is 0 Å². The van der Waals surface area contributed by atoms with Crippen molar-refractivity contribution in [3.63, 3.8) is 0 Å². The second kappa shape index (κ2) is 6.98. The Labute approximate surface area is 89.5 Å². The first-order valence-electron chi connectivity index (χ1n) is 4.75. The minimum absolute atomic E-state index is 0.426. The fourth-order valence-electron chi connectivity index (χ4n) is 1.05. The number of hydrogen-bond donors (Lipinski definition) is 0. The quantitative estimate of drug-likeness (QED) is 0.387. The fraction of sp³-hybridized carbons (Fsp3) is 0.700. The van der Waals surface area contributed by atoms with Gasteiger partial charge in [0.25, 0.3) is 0 Å². The van der Waals surface area contributed by atoms with Crippen LogP contribution in [-0.4, -0.2) is 38.4 Å². The Hall–Kier alpha value is -1.39. The fourth-order valence-corrected chi connectivity index (χ4v) is 1.05. The number of nitrogens with zero attached hydrogens (tertiary/aromatic N) is 1. The van der Waals surface area contributed by atoms with Crippen LogP contribution in [0.5, 0.6) is 0 Å². The van der Waals surface area contributed by atoms with E-state index in [0.717, 1.165) is 6.42 Å². The van der Waals surface area contributed by atoms with Gasteiger partial charge in [-0.25, -0.2) is 0 Å². The molecule has 0 aliphatic heterocycles. The van der Waals surface area contributed by atoms with Crippen molar-refractivity contribution in [3.05, 3.63) is 0 Å². The molecule has 0 unspecified atom stereocenters. The van der Waals surface area contributed by atoms with Crippen LogP contribution < -0.4 is 0 Å². The molecular formula is C10H17NO4. The average molecular weight is 215 g/mol. The van der Waals surface area contributed by atoms with Crippen molar-refractivity contribution in [2.75, 3.05) is 20.8 Å². The standard InChI is InChI=1S/C10H17NO4/c1-5-6-11-7(2)8(9(12)14-3)10(13)15-4/h8H,5-6H2,1-4H3. The van der Waals surface area contributed by atoms with E-state index in [1.54, 1.807) is 6.92 Å². The molecule has 0 bridgehead atoms. The third-order valence-electron chi connectivity index (χ3n) is 1.88. The number of rotatable bonds is 5. The molecule has 0 aromatic carbocycles. The van der Waals surface area contributed by atoms with Gasteiger partial charge in [-0.3, -0.25) is 14.6 Å². The van der Waals surface area contributed by atoms with Crippen LogP contribution >= 0.6 is 0 Å². The van der Waals surface area contributed by atoms with Crippen LogP contribution in [0.3, 0.4) is 0 Å². The number of methoxy groups -OCH3 is 2. The number of aliphatic imine (C=N–C) groups is 1. The highest BCUT2D eigenvalue weighted by atomic mass is 16.5. The van der Waals surface area contributed by atoms with E-state index in [9.17, 15) is 9.59 Å². The molecule has 0 fully saturated rings. The van der Waals surface area contributed by atoms with Gasteiger partial charge in [-0.15, -0.1) is 0 Å². The molecule has 0 aromatic heterocycles. The molecule has 0 spiro atoms. The second-order valence-corrected chi connectivity index (χ2v) is 3.00. The summed E-state index contributed by atoms with van der Waals surface area (Å²) in [6.07, 6.45) is 0.854. The van der Waals surface area contributed by atoms with Crippen LogP contribution in [0.1, 0.15) is 20.3 Å². The number of hydrogen-bond acceptors (Lipinski definition) is 5. The highest BCUT2D eigenvalue weighted by Gasteiger charge is 2.31. The molecule has 0 radical (unpaired) electrons. The average Bonchev–Trinajstić information content (AvgIpc) is 2.25. The van der Waals surface area contributed by atoms with Crippen LogP contribution in [0.25, 0.3) is 0 Å². The van der Waals surface area contributed by atoms with E-state index in [2.05, 4.69) is 14.5 Å². The summed E-state index contributed by atoms with van der Waals surface area (Å²) in [7, 11) is 2.46. The highest BCUT2D eigenvalue weighted by molar-refractivity contribution is 6.16. The van der Waals surface area contributed by atoms with Gasteiger partial charge in [-0.05, 0) is 13.3 Å². The van der Waals surface area contributed by atoms with Crippen LogP contribution in [0.4, 0.5) is 0 Å². The molecule has 86 valence electrons. The first-order valence-corrected chi connectivity index (χ1v) is 4.75. The van der Waals surface area contributed by atoms with Gasteiger partial charge in [-0.2, -0.15) is 0 Å². The summed E-state index contributed by atoms with van der Waals surface area (Å²) in [5, 5.41) is 0. The van der Waals surface area contributed by atoms with Gasteiger partial charge in [0.2, 0.25) is 0 Å². The molecule has 0 saturated heterocycles. The van der Waals surface area contributed by atoms with E-state index < -0.39 is 17.9 Å². The number of carbonyl (C=O) groups is 2. The lowest BCUT2D eigenvalue weighted by atomic mass is 10.1. The zero-order valence-electron chi connectivity index (χ0n) is 9.57. The maximum Gasteiger partial charge on any atom is 0.325 e. The Morgan fingerprint density at radius 3 is 2.00 bits per heavy atom. The van der Waals surface area contributed by atoms with Crippen LogP contribution in [0, 0.1) is 5.92 Å². The molecule has 15 heavy (non-hydrogen) atoms. The molecular weight excluding hydrogens is 198 g/mol. The number of carbonyl (C=O) groups excluding carboxylic acids is 2. The Balaban J connectivity index is 4.77. The predicted molar refractivity (Wildman–Crippen MR) is 55.8 cm³/mol. The van der Waals surface area contributed by atoms with Gasteiger partial charge >= 0.3 is 11.9 Å². The van der Waals surface area contributed by atoms with E-state index in [1.165, 1.54) is 14.2 Å². The summed E-state index contributed by atoms with van der Waals surface area (Å²) in [4.78, 5) is 26.7. The summed E-state index contributed by atoms with van der Waals surface area (Å²) >= 11 is 0. The predicted octanol–water partition coefficient (Wildman–Crippen LogP) is 0.819. The summed E-state index contributed by atoms with van der Waals surface area (Å²) in [5.41, 5.74) is 0.426. The number of ether oxygens (including phenoxy) is 2. The SMILES string of the molecule is CCCN=C(C)C(C(=O)OC)C(=O)OC.